The highest BCUT2D eigenvalue weighted by Crippen LogP contribution is 2.33. The molecule has 0 amide bonds. The number of rotatable bonds is 3. The number of aryl methyl sites for hydroxylation is 1. The van der Waals surface area contributed by atoms with Gasteiger partial charge in [-0.2, -0.15) is 0 Å². The van der Waals surface area contributed by atoms with Crippen molar-refractivity contribution in [3.63, 3.8) is 0 Å². The van der Waals surface area contributed by atoms with Gasteiger partial charge in [0.15, 0.2) is 5.69 Å². The highest BCUT2D eigenvalue weighted by atomic mass is 16.4. The number of carboxylic acid groups (broad SMARTS) is 1. The van der Waals surface area contributed by atoms with Crippen LogP contribution in [0.4, 0.5) is 0 Å². The maximum Gasteiger partial charge on any atom is 0.358 e. The monoisotopic (exact) mass is 291 g/mol. The minimum Gasteiger partial charge on any atom is -0.476 e. The molecule has 112 valence electrons. The van der Waals surface area contributed by atoms with Crippen molar-refractivity contribution in [3.05, 3.63) is 18.2 Å². The zero-order chi connectivity index (χ0) is 15.0. The van der Waals surface area contributed by atoms with Crippen LogP contribution in [0.25, 0.3) is 11.4 Å². The third-order valence-corrected chi connectivity index (χ3v) is 3.96. The van der Waals surface area contributed by atoms with Gasteiger partial charge in [0, 0.05) is 7.05 Å². The second-order valence-corrected chi connectivity index (χ2v) is 5.35. The summed E-state index contributed by atoms with van der Waals surface area (Å²) in [5.74, 6) is -1.14. The lowest BCUT2D eigenvalue weighted by Crippen LogP contribution is -2.29. The summed E-state index contributed by atoms with van der Waals surface area (Å²) in [4.78, 5) is 15.4. The molecule has 0 aromatic carbocycles. The Hall–Kier alpha value is -2.22. The first-order chi connectivity index (χ1) is 10.1. The number of aliphatic hydroxyl groups is 1. The first-order valence-electron chi connectivity index (χ1n) is 6.93. The van der Waals surface area contributed by atoms with Gasteiger partial charge in [0.1, 0.15) is 5.69 Å². The first kappa shape index (κ1) is 13.7. The molecule has 0 spiro atoms. The molecule has 2 unspecified atom stereocenters. The molecule has 1 fully saturated rings. The summed E-state index contributed by atoms with van der Waals surface area (Å²) in [5.41, 5.74) is 0.903. The van der Waals surface area contributed by atoms with Gasteiger partial charge in [0.2, 0.25) is 0 Å². The van der Waals surface area contributed by atoms with Gasteiger partial charge in [-0.3, -0.25) is 0 Å². The van der Waals surface area contributed by atoms with E-state index >= 15 is 0 Å². The average molecular weight is 291 g/mol. The summed E-state index contributed by atoms with van der Waals surface area (Å²) >= 11 is 0. The Morgan fingerprint density at radius 2 is 2.14 bits per heavy atom. The molecule has 0 radical (unpaired) electrons. The Kier molecular flexibility index (Phi) is 3.46. The van der Waals surface area contributed by atoms with Gasteiger partial charge in [-0.25, -0.2) is 14.5 Å². The van der Waals surface area contributed by atoms with E-state index in [-0.39, 0.29) is 11.7 Å². The Bertz CT molecular complexity index is 663. The second-order valence-electron chi connectivity index (χ2n) is 5.35. The molecule has 8 heteroatoms. The molecule has 1 aliphatic rings. The van der Waals surface area contributed by atoms with Crippen molar-refractivity contribution in [2.45, 2.75) is 37.8 Å². The number of aromatic carboxylic acids is 1. The standard InChI is InChI=1S/C13H17N5O3/c1-17-7-14-6-9(17)12-11(13(20)21)15-16-18(12)8-4-2-3-5-10(8)19/h6-8,10,19H,2-5H2,1H3,(H,20,21). The van der Waals surface area contributed by atoms with Crippen LogP contribution in [0.1, 0.15) is 42.2 Å². The Morgan fingerprint density at radius 1 is 1.38 bits per heavy atom. The van der Waals surface area contributed by atoms with Crippen LogP contribution in [0.3, 0.4) is 0 Å². The Labute approximate surface area is 121 Å². The zero-order valence-electron chi connectivity index (χ0n) is 11.7. The fraction of sp³-hybridized carbons (Fsp3) is 0.538. The van der Waals surface area contributed by atoms with E-state index in [1.165, 1.54) is 0 Å². The van der Waals surface area contributed by atoms with Crippen molar-refractivity contribution in [2.75, 3.05) is 0 Å². The van der Waals surface area contributed by atoms with Crippen molar-refractivity contribution in [1.82, 2.24) is 24.5 Å². The lowest BCUT2D eigenvalue weighted by atomic mass is 9.92. The van der Waals surface area contributed by atoms with E-state index in [9.17, 15) is 15.0 Å². The van der Waals surface area contributed by atoms with Gasteiger partial charge in [-0.1, -0.05) is 18.1 Å². The molecular formula is C13H17N5O3. The number of aromatic nitrogens is 5. The molecule has 2 aromatic heterocycles. The molecule has 2 atom stereocenters. The second kappa shape index (κ2) is 5.28. The van der Waals surface area contributed by atoms with Crippen LogP contribution < -0.4 is 0 Å². The highest BCUT2D eigenvalue weighted by Gasteiger charge is 2.31. The maximum atomic E-state index is 11.4. The van der Waals surface area contributed by atoms with Crippen LogP contribution in [0.2, 0.25) is 0 Å². The molecule has 8 nitrogen and oxygen atoms in total. The van der Waals surface area contributed by atoms with Crippen molar-refractivity contribution < 1.29 is 15.0 Å². The minimum atomic E-state index is -1.14. The van der Waals surface area contributed by atoms with Gasteiger partial charge in [0.05, 0.1) is 30.4 Å². The van der Waals surface area contributed by atoms with Crippen molar-refractivity contribution in [1.29, 1.82) is 0 Å². The predicted molar refractivity (Wildman–Crippen MR) is 72.7 cm³/mol. The molecular weight excluding hydrogens is 274 g/mol. The molecule has 2 N–H and O–H groups in total. The fourth-order valence-electron chi connectivity index (χ4n) is 2.87. The van der Waals surface area contributed by atoms with Gasteiger partial charge < -0.3 is 14.8 Å². The van der Waals surface area contributed by atoms with Crippen LogP contribution in [-0.4, -0.2) is 46.8 Å². The van der Waals surface area contributed by atoms with E-state index in [0.717, 1.165) is 19.3 Å². The molecule has 2 heterocycles. The number of hydrogen-bond acceptors (Lipinski definition) is 5. The number of carboxylic acids is 1. The van der Waals surface area contributed by atoms with Crippen LogP contribution >= 0.6 is 0 Å². The van der Waals surface area contributed by atoms with E-state index in [1.54, 1.807) is 28.8 Å². The number of hydrogen-bond donors (Lipinski definition) is 2. The molecule has 21 heavy (non-hydrogen) atoms. The summed E-state index contributed by atoms with van der Waals surface area (Å²) in [6.45, 7) is 0. The summed E-state index contributed by atoms with van der Waals surface area (Å²) in [7, 11) is 1.78. The quantitative estimate of drug-likeness (QED) is 0.868. The summed E-state index contributed by atoms with van der Waals surface area (Å²) in [6, 6.07) is -0.246. The van der Waals surface area contributed by atoms with Gasteiger partial charge >= 0.3 is 5.97 Å². The smallest absolute Gasteiger partial charge is 0.358 e. The zero-order valence-corrected chi connectivity index (χ0v) is 11.7. The molecule has 2 aromatic rings. The van der Waals surface area contributed by atoms with Gasteiger partial charge in [0.25, 0.3) is 0 Å². The van der Waals surface area contributed by atoms with Crippen LogP contribution in [0.5, 0.6) is 0 Å². The molecule has 0 aliphatic heterocycles. The number of carbonyl (C=O) groups is 1. The number of aliphatic hydroxyl groups excluding tert-OH is 1. The van der Waals surface area contributed by atoms with Crippen LogP contribution in [0.15, 0.2) is 12.5 Å². The largest absolute Gasteiger partial charge is 0.476 e. The van der Waals surface area contributed by atoms with E-state index in [1.807, 2.05) is 0 Å². The summed E-state index contributed by atoms with van der Waals surface area (Å²) in [6.07, 6.45) is 6.04. The van der Waals surface area contributed by atoms with Gasteiger partial charge in [-0.15, -0.1) is 5.10 Å². The molecule has 1 aliphatic carbocycles. The average Bonchev–Trinajstić information content (AvgIpc) is 3.04. The van der Waals surface area contributed by atoms with Crippen molar-refractivity contribution in [2.24, 2.45) is 7.05 Å². The number of imidazole rings is 1. The molecule has 3 rings (SSSR count). The summed E-state index contributed by atoms with van der Waals surface area (Å²) < 4.78 is 3.27. The molecule has 0 bridgehead atoms. The molecule has 1 saturated carbocycles. The van der Waals surface area contributed by atoms with E-state index in [4.69, 9.17) is 0 Å². The summed E-state index contributed by atoms with van der Waals surface area (Å²) in [5, 5.41) is 27.3. The fourth-order valence-corrected chi connectivity index (χ4v) is 2.87. The SMILES string of the molecule is Cn1cncc1-c1c(C(=O)O)nnn1C1CCCCC1O. The van der Waals surface area contributed by atoms with E-state index in [0.29, 0.717) is 17.8 Å². The van der Waals surface area contributed by atoms with Crippen molar-refractivity contribution >= 4 is 5.97 Å². The Balaban J connectivity index is 2.13. The lowest BCUT2D eigenvalue weighted by molar-refractivity contribution is 0.0679. The van der Waals surface area contributed by atoms with E-state index < -0.39 is 12.1 Å². The predicted octanol–water partition coefficient (Wildman–Crippen LogP) is 0.853. The third kappa shape index (κ3) is 2.31. The topological polar surface area (TPSA) is 106 Å². The lowest BCUT2D eigenvalue weighted by Gasteiger charge is -2.28. The minimum absolute atomic E-state index is 0.114. The Morgan fingerprint density at radius 3 is 2.76 bits per heavy atom. The van der Waals surface area contributed by atoms with Crippen LogP contribution in [-0.2, 0) is 7.05 Å². The van der Waals surface area contributed by atoms with Crippen molar-refractivity contribution in [3.8, 4) is 11.4 Å². The maximum absolute atomic E-state index is 11.4. The molecule has 0 saturated heterocycles. The first-order valence-corrected chi connectivity index (χ1v) is 6.93. The highest BCUT2D eigenvalue weighted by molar-refractivity contribution is 5.92. The third-order valence-electron chi connectivity index (χ3n) is 3.96. The van der Waals surface area contributed by atoms with Crippen LogP contribution in [0, 0.1) is 0 Å². The normalized spacial score (nSPS) is 22.4. The van der Waals surface area contributed by atoms with E-state index in [2.05, 4.69) is 15.3 Å². The number of nitrogens with zero attached hydrogens (tertiary/aromatic N) is 5. The van der Waals surface area contributed by atoms with Gasteiger partial charge in [-0.05, 0) is 12.8 Å².